The fraction of sp³-hybridized carbons (Fsp3) is 0.269. The molecule has 2 aromatic heterocycles. The van der Waals surface area contributed by atoms with Crippen LogP contribution >= 0.6 is 0 Å². The highest BCUT2D eigenvalue weighted by Gasteiger charge is 2.19. The maximum Gasteiger partial charge on any atom is 0.255 e. The second-order valence-corrected chi connectivity index (χ2v) is 8.76. The van der Waals surface area contributed by atoms with Crippen LogP contribution in [-0.4, -0.2) is 34.1 Å². The largest absolute Gasteiger partial charge is 0.384 e. The Labute approximate surface area is 199 Å². The topological polar surface area (TPSA) is 111 Å². The summed E-state index contributed by atoms with van der Waals surface area (Å²) in [6, 6.07) is 11.6. The Hall–Kier alpha value is -3.75. The van der Waals surface area contributed by atoms with Crippen molar-refractivity contribution in [2.24, 2.45) is 0 Å². The zero-order valence-electron chi connectivity index (χ0n) is 19.5. The lowest BCUT2D eigenvalue weighted by atomic mass is 10.0. The molecule has 0 radical (unpaired) electrons. The molecule has 176 valence electrons. The molecule has 0 unspecified atom stereocenters. The van der Waals surface area contributed by atoms with Gasteiger partial charge in [0.2, 0.25) is 0 Å². The van der Waals surface area contributed by atoms with Gasteiger partial charge in [0.25, 0.3) is 5.91 Å². The van der Waals surface area contributed by atoms with Crippen LogP contribution in [0, 0.1) is 0 Å². The molecular weight excluding hydrogens is 428 g/mol. The molecule has 4 rings (SSSR count). The highest BCUT2D eigenvalue weighted by atomic mass is 16.3. The van der Waals surface area contributed by atoms with Gasteiger partial charge < -0.3 is 26.4 Å². The van der Waals surface area contributed by atoms with E-state index in [0.29, 0.717) is 35.0 Å². The number of rotatable bonds is 8. The summed E-state index contributed by atoms with van der Waals surface area (Å²) in [6.45, 7) is 9.20. The Balaban J connectivity index is 1.64. The van der Waals surface area contributed by atoms with Crippen LogP contribution in [0.2, 0.25) is 0 Å². The molecule has 0 saturated carbocycles. The van der Waals surface area contributed by atoms with E-state index in [1.807, 2.05) is 6.07 Å². The molecule has 0 fully saturated rings. The molecule has 1 aromatic carbocycles. The smallest absolute Gasteiger partial charge is 0.255 e. The van der Waals surface area contributed by atoms with Crippen molar-refractivity contribution in [2.75, 3.05) is 23.7 Å². The third-order valence-electron chi connectivity index (χ3n) is 5.59. The molecule has 0 bridgehead atoms. The van der Waals surface area contributed by atoms with Crippen molar-refractivity contribution in [1.29, 1.82) is 0 Å². The molecule has 34 heavy (non-hydrogen) atoms. The Morgan fingerprint density at radius 2 is 1.97 bits per heavy atom. The summed E-state index contributed by atoms with van der Waals surface area (Å²) < 4.78 is 0. The Bertz CT molecular complexity index is 1200. The average Bonchev–Trinajstić information content (AvgIpc) is 2.82. The SMILES string of the molecule is C=CCNC(=O)c1cnc(Nc2ccc3c(c2)CCNC3)cc1Nc1ccnc(C(C)(C)O)c1. The van der Waals surface area contributed by atoms with Gasteiger partial charge in [0.05, 0.1) is 16.9 Å². The van der Waals surface area contributed by atoms with Gasteiger partial charge in [0.15, 0.2) is 0 Å². The molecule has 5 N–H and O–H groups in total. The number of amides is 1. The van der Waals surface area contributed by atoms with Gasteiger partial charge in [-0.15, -0.1) is 6.58 Å². The first kappa shape index (κ1) is 23.4. The molecular formula is C26H30N6O2. The average molecular weight is 459 g/mol. The molecule has 0 aliphatic carbocycles. The number of benzene rings is 1. The van der Waals surface area contributed by atoms with Crippen molar-refractivity contribution >= 4 is 28.8 Å². The summed E-state index contributed by atoms with van der Waals surface area (Å²) in [6.07, 6.45) is 5.77. The molecule has 8 nitrogen and oxygen atoms in total. The fourth-order valence-corrected chi connectivity index (χ4v) is 3.77. The van der Waals surface area contributed by atoms with E-state index in [1.165, 1.54) is 11.1 Å². The monoisotopic (exact) mass is 458 g/mol. The van der Waals surface area contributed by atoms with Crippen LogP contribution in [0.3, 0.4) is 0 Å². The number of nitrogens with one attached hydrogen (secondary N) is 4. The van der Waals surface area contributed by atoms with Crippen LogP contribution in [0.5, 0.6) is 0 Å². The summed E-state index contributed by atoms with van der Waals surface area (Å²) >= 11 is 0. The fourth-order valence-electron chi connectivity index (χ4n) is 3.77. The quantitative estimate of drug-likeness (QED) is 0.327. The minimum Gasteiger partial charge on any atom is -0.384 e. The van der Waals surface area contributed by atoms with E-state index >= 15 is 0 Å². The number of nitrogens with zero attached hydrogens (tertiary/aromatic N) is 2. The van der Waals surface area contributed by atoms with Crippen molar-refractivity contribution in [1.82, 2.24) is 20.6 Å². The second kappa shape index (κ2) is 10.0. The zero-order chi connectivity index (χ0) is 24.1. The highest BCUT2D eigenvalue weighted by molar-refractivity contribution is 6.00. The van der Waals surface area contributed by atoms with Crippen molar-refractivity contribution < 1.29 is 9.90 Å². The van der Waals surface area contributed by atoms with Gasteiger partial charge in [-0.1, -0.05) is 12.1 Å². The van der Waals surface area contributed by atoms with E-state index in [1.54, 1.807) is 50.5 Å². The van der Waals surface area contributed by atoms with E-state index in [-0.39, 0.29) is 5.91 Å². The van der Waals surface area contributed by atoms with Gasteiger partial charge >= 0.3 is 0 Å². The minimum absolute atomic E-state index is 0.264. The number of pyridine rings is 2. The lowest BCUT2D eigenvalue weighted by molar-refractivity contribution is 0.0739. The first-order valence-corrected chi connectivity index (χ1v) is 11.3. The molecule has 0 spiro atoms. The number of aromatic nitrogens is 2. The molecule has 3 heterocycles. The standard InChI is InChI=1S/C26H30N6O2/c1-4-9-29-25(33)21-16-30-24(32-19-6-5-18-15-27-10-7-17(18)12-19)14-22(21)31-20-8-11-28-23(13-20)26(2,3)34/h4-6,8,11-14,16,27,34H,1,7,9-10,15H2,2-3H3,(H,29,33)(H2,28,30,31,32). The summed E-state index contributed by atoms with van der Waals surface area (Å²) in [5.41, 5.74) is 4.67. The van der Waals surface area contributed by atoms with Crippen LogP contribution in [0.25, 0.3) is 0 Å². The highest BCUT2D eigenvalue weighted by Crippen LogP contribution is 2.28. The number of carbonyl (C=O) groups is 1. The first-order chi connectivity index (χ1) is 16.3. The van der Waals surface area contributed by atoms with Crippen molar-refractivity contribution in [3.8, 4) is 0 Å². The van der Waals surface area contributed by atoms with Crippen molar-refractivity contribution in [3.05, 3.63) is 83.8 Å². The van der Waals surface area contributed by atoms with Gasteiger partial charge in [-0.2, -0.15) is 0 Å². The lowest BCUT2D eigenvalue weighted by Crippen LogP contribution is -2.24. The van der Waals surface area contributed by atoms with Crippen LogP contribution < -0.4 is 21.3 Å². The summed E-state index contributed by atoms with van der Waals surface area (Å²) in [7, 11) is 0. The van der Waals surface area contributed by atoms with Crippen molar-refractivity contribution in [3.63, 3.8) is 0 Å². The number of carbonyl (C=O) groups excluding carboxylic acids is 1. The number of hydrogen-bond acceptors (Lipinski definition) is 7. The van der Waals surface area contributed by atoms with E-state index in [2.05, 4.69) is 49.9 Å². The molecule has 0 saturated heterocycles. The van der Waals surface area contributed by atoms with Crippen LogP contribution in [0.15, 0.2) is 61.4 Å². The maximum atomic E-state index is 12.8. The van der Waals surface area contributed by atoms with E-state index in [9.17, 15) is 9.90 Å². The van der Waals surface area contributed by atoms with Gasteiger partial charge in [-0.3, -0.25) is 9.78 Å². The normalized spacial score (nSPS) is 13.0. The second-order valence-electron chi connectivity index (χ2n) is 8.76. The number of anilines is 4. The lowest BCUT2D eigenvalue weighted by Gasteiger charge is -2.19. The van der Waals surface area contributed by atoms with Gasteiger partial charge in [0.1, 0.15) is 11.4 Å². The van der Waals surface area contributed by atoms with Crippen molar-refractivity contribution in [2.45, 2.75) is 32.4 Å². The Kier molecular flexibility index (Phi) is 6.90. The van der Waals surface area contributed by atoms with Gasteiger partial charge in [-0.25, -0.2) is 4.98 Å². The first-order valence-electron chi connectivity index (χ1n) is 11.3. The van der Waals surface area contributed by atoms with E-state index < -0.39 is 5.60 Å². The molecule has 1 amide bonds. The summed E-state index contributed by atoms with van der Waals surface area (Å²) in [5, 5.41) is 23.1. The van der Waals surface area contributed by atoms with Crippen LogP contribution in [0.1, 0.15) is 41.0 Å². The van der Waals surface area contributed by atoms with Gasteiger partial charge in [-0.05, 0) is 62.2 Å². The zero-order valence-corrected chi connectivity index (χ0v) is 19.5. The molecule has 0 atom stereocenters. The maximum absolute atomic E-state index is 12.8. The van der Waals surface area contributed by atoms with E-state index in [4.69, 9.17) is 0 Å². The number of fused-ring (bicyclic) bond motifs is 1. The predicted octanol–water partition coefficient (Wildman–Crippen LogP) is 3.75. The third kappa shape index (κ3) is 5.59. The van der Waals surface area contributed by atoms with Crippen LogP contribution in [-0.2, 0) is 18.6 Å². The number of hydrogen-bond donors (Lipinski definition) is 5. The van der Waals surface area contributed by atoms with E-state index in [0.717, 1.165) is 25.2 Å². The Morgan fingerprint density at radius 3 is 2.76 bits per heavy atom. The molecule has 1 aliphatic heterocycles. The third-order valence-corrected chi connectivity index (χ3v) is 5.59. The molecule has 8 heteroatoms. The summed E-state index contributed by atoms with van der Waals surface area (Å²) in [5.74, 6) is 0.341. The minimum atomic E-state index is -1.09. The number of aliphatic hydroxyl groups is 1. The molecule has 1 aliphatic rings. The Morgan fingerprint density at radius 1 is 1.15 bits per heavy atom. The van der Waals surface area contributed by atoms with Gasteiger partial charge in [0, 0.05) is 42.9 Å². The summed E-state index contributed by atoms with van der Waals surface area (Å²) in [4.78, 5) is 21.5. The van der Waals surface area contributed by atoms with Crippen LogP contribution in [0.4, 0.5) is 22.9 Å². The predicted molar refractivity (Wildman–Crippen MR) is 135 cm³/mol. The molecule has 3 aromatic rings.